The van der Waals surface area contributed by atoms with Gasteiger partial charge < -0.3 is 14.7 Å². The van der Waals surface area contributed by atoms with Gasteiger partial charge in [0.25, 0.3) is 0 Å². The Morgan fingerprint density at radius 1 is 1.08 bits per heavy atom. The Morgan fingerprint density at radius 2 is 1.81 bits per heavy atom. The molecule has 0 aliphatic carbocycles. The molecule has 0 radical (unpaired) electrons. The van der Waals surface area contributed by atoms with Gasteiger partial charge in [0, 0.05) is 25.4 Å². The number of rotatable bonds is 7. The van der Waals surface area contributed by atoms with Crippen LogP contribution in [0.4, 0.5) is 0 Å². The van der Waals surface area contributed by atoms with Gasteiger partial charge in [-0.2, -0.15) is 0 Å². The van der Waals surface area contributed by atoms with Crippen molar-refractivity contribution >= 4 is 11.9 Å². The van der Waals surface area contributed by atoms with Gasteiger partial charge in [-0.15, -0.1) is 0 Å². The van der Waals surface area contributed by atoms with E-state index in [0.717, 1.165) is 17.7 Å². The molecule has 1 saturated heterocycles. The number of carboxylic acids is 1. The van der Waals surface area contributed by atoms with Crippen LogP contribution >= 0.6 is 0 Å². The Balaban J connectivity index is 1.48. The van der Waals surface area contributed by atoms with E-state index in [0.29, 0.717) is 38.1 Å². The molecule has 1 aliphatic rings. The fourth-order valence-corrected chi connectivity index (χ4v) is 3.38. The lowest BCUT2D eigenvalue weighted by Gasteiger charge is -2.17. The summed E-state index contributed by atoms with van der Waals surface area (Å²) in [4.78, 5) is 25.6. The molecule has 2 aromatic carbocycles. The fraction of sp³-hybridized carbons (Fsp3) is 0.333. The molecule has 0 saturated carbocycles. The van der Waals surface area contributed by atoms with Gasteiger partial charge in [0.2, 0.25) is 5.91 Å². The van der Waals surface area contributed by atoms with Gasteiger partial charge in [-0.3, -0.25) is 4.79 Å². The zero-order valence-electron chi connectivity index (χ0n) is 14.6. The number of para-hydroxylation sites is 1. The first-order valence-corrected chi connectivity index (χ1v) is 8.93. The summed E-state index contributed by atoms with van der Waals surface area (Å²) < 4.78 is 5.62. The van der Waals surface area contributed by atoms with Gasteiger partial charge in [0.15, 0.2) is 0 Å². The van der Waals surface area contributed by atoms with Crippen molar-refractivity contribution in [3.05, 3.63) is 65.7 Å². The summed E-state index contributed by atoms with van der Waals surface area (Å²) in [7, 11) is 0. The van der Waals surface area contributed by atoms with Crippen molar-refractivity contribution in [1.82, 2.24) is 4.90 Å². The van der Waals surface area contributed by atoms with Crippen LogP contribution in [0.3, 0.4) is 0 Å². The van der Waals surface area contributed by atoms with Crippen LogP contribution in [-0.4, -0.2) is 41.6 Å². The van der Waals surface area contributed by atoms with Crippen LogP contribution in [0.15, 0.2) is 54.6 Å². The van der Waals surface area contributed by atoms with Crippen molar-refractivity contribution in [2.24, 2.45) is 0 Å². The summed E-state index contributed by atoms with van der Waals surface area (Å²) in [6.07, 6.45) is 1.91. The molecule has 2 aromatic rings. The lowest BCUT2D eigenvalue weighted by molar-refractivity contribution is -0.130. The summed E-state index contributed by atoms with van der Waals surface area (Å²) in [5.41, 5.74) is 1.16. The van der Waals surface area contributed by atoms with Crippen LogP contribution in [0, 0.1) is 0 Å². The summed E-state index contributed by atoms with van der Waals surface area (Å²) in [6, 6.07) is 16.6. The van der Waals surface area contributed by atoms with Crippen LogP contribution in [0.2, 0.25) is 0 Å². The topological polar surface area (TPSA) is 66.8 Å². The van der Waals surface area contributed by atoms with Gasteiger partial charge in [-0.1, -0.05) is 36.4 Å². The van der Waals surface area contributed by atoms with Crippen LogP contribution in [0.25, 0.3) is 0 Å². The highest BCUT2D eigenvalue weighted by Gasteiger charge is 2.29. The summed E-state index contributed by atoms with van der Waals surface area (Å²) in [5, 5.41) is 9.34. The molecule has 3 rings (SSSR count). The van der Waals surface area contributed by atoms with E-state index < -0.39 is 5.97 Å². The number of nitrogens with zero attached hydrogens (tertiary/aromatic N) is 1. The van der Waals surface area contributed by atoms with Crippen LogP contribution in [0.1, 0.15) is 41.1 Å². The zero-order chi connectivity index (χ0) is 18.4. The van der Waals surface area contributed by atoms with Crippen molar-refractivity contribution in [3.63, 3.8) is 0 Å². The average Bonchev–Trinajstić information content (AvgIpc) is 3.16. The first-order valence-electron chi connectivity index (χ1n) is 8.93. The quantitative estimate of drug-likeness (QED) is 0.773. The molecule has 26 heavy (non-hydrogen) atoms. The van der Waals surface area contributed by atoms with Gasteiger partial charge >= 0.3 is 5.97 Å². The normalized spacial score (nSPS) is 16.5. The molecule has 136 valence electrons. The van der Waals surface area contributed by atoms with E-state index in [1.165, 1.54) is 0 Å². The maximum absolute atomic E-state index is 12.4. The van der Waals surface area contributed by atoms with Crippen molar-refractivity contribution in [2.75, 3.05) is 19.7 Å². The molecule has 1 unspecified atom stereocenters. The van der Waals surface area contributed by atoms with Gasteiger partial charge in [-0.25, -0.2) is 4.79 Å². The van der Waals surface area contributed by atoms with Crippen LogP contribution in [0.5, 0.6) is 5.75 Å². The number of likely N-dealkylation sites (tertiary alicyclic amines) is 1. The lowest BCUT2D eigenvalue weighted by Crippen LogP contribution is -2.28. The van der Waals surface area contributed by atoms with Crippen molar-refractivity contribution < 1.29 is 19.4 Å². The molecule has 1 heterocycles. The minimum atomic E-state index is -0.913. The third-order valence-electron chi connectivity index (χ3n) is 4.72. The smallest absolute Gasteiger partial charge is 0.335 e. The number of carboxylic acid groups (broad SMARTS) is 1. The second-order valence-electron chi connectivity index (χ2n) is 6.48. The third-order valence-corrected chi connectivity index (χ3v) is 4.72. The number of benzene rings is 2. The van der Waals surface area contributed by atoms with E-state index in [1.807, 2.05) is 47.4 Å². The first kappa shape index (κ1) is 18.0. The Kier molecular flexibility index (Phi) is 5.89. The molecule has 0 spiro atoms. The number of amides is 1. The average molecular weight is 353 g/mol. The SMILES string of the molecule is O=C(O)c1ccccc1C1CCN(C(=O)CCCOc2ccccc2)C1. The van der Waals surface area contributed by atoms with E-state index in [9.17, 15) is 14.7 Å². The van der Waals surface area contributed by atoms with Crippen molar-refractivity contribution in [2.45, 2.75) is 25.2 Å². The van der Waals surface area contributed by atoms with Crippen molar-refractivity contribution in [1.29, 1.82) is 0 Å². The maximum Gasteiger partial charge on any atom is 0.335 e. The van der Waals surface area contributed by atoms with E-state index >= 15 is 0 Å². The Hall–Kier alpha value is -2.82. The predicted octanol–water partition coefficient (Wildman–Crippen LogP) is 3.56. The first-order chi connectivity index (χ1) is 12.6. The number of aromatic carboxylic acids is 1. The van der Waals surface area contributed by atoms with Crippen LogP contribution in [-0.2, 0) is 4.79 Å². The highest BCUT2D eigenvalue weighted by Crippen LogP contribution is 2.30. The monoisotopic (exact) mass is 353 g/mol. The molecule has 0 bridgehead atoms. The molecule has 1 aliphatic heterocycles. The van der Waals surface area contributed by atoms with E-state index in [4.69, 9.17) is 4.74 Å². The van der Waals surface area contributed by atoms with E-state index in [2.05, 4.69) is 0 Å². The minimum Gasteiger partial charge on any atom is -0.494 e. The largest absolute Gasteiger partial charge is 0.494 e. The molecular formula is C21H23NO4. The molecule has 5 nitrogen and oxygen atoms in total. The molecule has 0 aromatic heterocycles. The Bertz CT molecular complexity index is 760. The number of carbonyl (C=O) groups is 2. The summed E-state index contributed by atoms with van der Waals surface area (Å²) >= 11 is 0. The second-order valence-corrected chi connectivity index (χ2v) is 6.48. The van der Waals surface area contributed by atoms with Gasteiger partial charge in [0.1, 0.15) is 5.75 Å². The Morgan fingerprint density at radius 3 is 2.58 bits per heavy atom. The molecular weight excluding hydrogens is 330 g/mol. The number of ether oxygens (including phenoxy) is 1. The molecule has 1 atom stereocenters. The molecule has 1 fully saturated rings. The molecule has 5 heteroatoms. The van der Waals surface area contributed by atoms with Gasteiger partial charge in [-0.05, 0) is 36.6 Å². The minimum absolute atomic E-state index is 0.0896. The van der Waals surface area contributed by atoms with Crippen LogP contribution < -0.4 is 4.74 Å². The lowest BCUT2D eigenvalue weighted by atomic mass is 9.93. The highest BCUT2D eigenvalue weighted by molar-refractivity contribution is 5.89. The van der Waals surface area contributed by atoms with Gasteiger partial charge in [0.05, 0.1) is 12.2 Å². The number of carbonyl (C=O) groups excluding carboxylic acids is 1. The number of hydrogen-bond acceptors (Lipinski definition) is 3. The predicted molar refractivity (Wildman–Crippen MR) is 98.5 cm³/mol. The number of hydrogen-bond donors (Lipinski definition) is 1. The summed E-state index contributed by atoms with van der Waals surface area (Å²) in [6.45, 7) is 1.77. The third kappa shape index (κ3) is 4.42. The maximum atomic E-state index is 12.4. The zero-order valence-corrected chi connectivity index (χ0v) is 14.6. The molecule has 1 amide bonds. The standard InChI is InChI=1S/C21H23NO4/c23-20(11-6-14-26-17-7-2-1-3-8-17)22-13-12-16(15-22)18-9-4-5-10-19(18)21(24)25/h1-5,7-10,16H,6,11-15H2,(H,24,25). The summed E-state index contributed by atoms with van der Waals surface area (Å²) in [5.74, 6) is 0.0960. The highest BCUT2D eigenvalue weighted by atomic mass is 16.5. The van der Waals surface area contributed by atoms with E-state index in [-0.39, 0.29) is 11.8 Å². The van der Waals surface area contributed by atoms with Crippen molar-refractivity contribution in [3.8, 4) is 5.75 Å². The second kappa shape index (κ2) is 8.52. The molecule has 1 N–H and O–H groups in total. The fourth-order valence-electron chi connectivity index (χ4n) is 3.38. The Labute approximate surface area is 153 Å². The van der Waals surface area contributed by atoms with E-state index in [1.54, 1.807) is 12.1 Å².